The fourth-order valence-electron chi connectivity index (χ4n) is 11.1. The van der Waals surface area contributed by atoms with E-state index >= 15 is 0 Å². The molecule has 5 rings (SSSR count). The van der Waals surface area contributed by atoms with E-state index in [1.807, 2.05) is 13.8 Å². The van der Waals surface area contributed by atoms with Crippen LogP contribution in [0.25, 0.3) is 0 Å². The number of fused-ring (bicyclic) bond motifs is 5. The van der Waals surface area contributed by atoms with E-state index in [1.165, 1.54) is 56.1 Å². The molecule has 0 aromatic heterocycles. The van der Waals surface area contributed by atoms with Crippen LogP contribution in [0.15, 0.2) is 23.8 Å². The summed E-state index contributed by atoms with van der Waals surface area (Å²) in [6, 6.07) is 0. The van der Waals surface area contributed by atoms with E-state index in [2.05, 4.69) is 47.3 Å². The molecule has 0 aromatic carbocycles. The predicted molar refractivity (Wildman–Crippen MR) is 184 cm³/mol. The summed E-state index contributed by atoms with van der Waals surface area (Å²) in [7, 11) is 0. The van der Waals surface area contributed by atoms with Gasteiger partial charge in [0, 0.05) is 6.42 Å². The molecule has 7 heteroatoms. The van der Waals surface area contributed by atoms with Gasteiger partial charge < -0.3 is 29.5 Å². The molecule has 4 fully saturated rings. The largest absolute Gasteiger partial charge is 0.463 e. The van der Waals surface area contributed by atoms with Crippen molar-refractivity contribution in [3.8, 4) is 0 Å². The molecule has 0 aromatic rings. The van der Waals surface area contributed by atoms with Crippen molar-refractivity contribution in [1.82, 2.24) is 0 Å². The lowest BCUT2D eigenvalue weighted by molar-refractivity contribution is -0.313. The van der Waals surface area contributed by atoms with Crippen LogP contribution in [0.1, 0.15) is 126 Å². The summed E-state index contributed by atoms with van der Waals surface area (Å²) in [5, 5.41) is 31.9. The molecule has 3 N–H and O–H groups in total. The van der Waals surface area contributed by atoms with E-state index in [1.54, 1.807) is 0 Å². The lowest BCUT2D eigenvalue weighted by Crippen LogP contribution is -2.60. The minimum absolute atomic E-state index is 0.145. The summed E-state index contributed by atoms with van der Waals surface area (Å²) in [5.41, 5.74) is 3.43. The molecule has 7 nitrogen and oxygen atoms in total. The van der Waals surface area contributed by atoms with Crippen LogP contribution in [0.2, 0.25) is 0 Å². The SMILES string of the molecule is C=C(C)C(CC)CCC(C)C1CCC2C3CC=C4CC(OC5OC(COC(=O)CC(C)C)C(O)C(O)C5O)CCC4(C)C3CCC12C. The first-order valence-corrected chi connectivity index (χ1v) is 19.0. The van der Waals surface area contributed by atoms with E-state index in [9.17, 15) is 20.1 Å². The number of aliphatic hydroxyl groups excluding tert-OH is 3. The van der Waals surface area contributed by atoms with Crippen LogP contribution in [0.5, 0.6) is 0 Å². The first-order chi connectivity index (χ1) is 22.2. The minimum atomic E-state index is -1.44. The molecule has 0 bridgehead atoms. The Bertz CT molecular complexity index is 1130. The zero-order chi connectivity index (χ0) is 34.3. The second kappa shape index (κ2) is 14.9. The van der Waals surface area contributed by atoms with Crippen molar-refractivity contribution in [2.75, 3.05) is 6.61 Å². The monoisotopic (exact) mass is 658 g/mol. The second-order valence-electron chi connectivity index (χ2n) is 17.3. The maximum absolute atomic E-state index is 12.1. The number of hydrogen-bond acceptors (Lipinski definition) is 7. The van der Waals surface area contributed by atoms with Crippen LogP contribution >= 0.6 is 0 Å². The normalized spacial score (nSPS) is 42.9. The lowest BCUT2D eigenvalue weighted by atomic mass is 9.47. The van der Waals surface area contributed by atoms with Crippen LogP contribution in [-0.4, -0.2) is 64.7 Å². The Morgan fingerprint density at radius 1 is 1.02 bits per heavy atom. The summed E-state index contributed by atoms with van der Waals surface area (Å²) in [4.78, 5) is 12.1. The minimum Gasteiger partial charge on any atom is -0.463 e. The zero-order valence-corrected chi connectivity index (χ0v) is 30.5. The van der Waals surface area contributed by atoms with Crippen molar-refractivity contribution in [1.29, 1.82) is 0 Å². The third-order valence-corrected chi connectivity index (χ3v) is 14.0. The van der Waals surface area contributed by atoms with E-state index in [-0.39, 0.29) is 36.4 Å². The number of esters is 1. The molecule has 4 aliphatic carbocycles. The molecule has 1 heterocycles. The number of allylic oxidation sites excluding steroid dienone is 2. The van der Waals surface area contributed by atoms with Gasteiger partial charge in [-0.25, -0.2) is 0 Å². The fraction of sp³-hybridized carbons (Fsp3) is 0.875. The summed E-state index contributed by atoms with van der Waals surface area (Å²) in [5.74, 6) is 4.25. The van der Waals surface area contributed by atoms with Gasteiger partial charge in [-0.3, -0.25) is 4.79 Å². The van der Waals surface area contributed by atoms with Crippen molar-refractivity contribution >= 4 is 5.97 Å². The summed E-state index contributed by atoms with van der Waals surface area (Å²) < 4.78 is 17.6. The highest BCUT2D eigenvalue weighted by molar-refractivity contribution is 5.69. The van der Waals surface area contributed by atoms with Gasteiger partial charge in [0.2, 0.25) is 0 Å². The standard InChI is InChI=1S/C40H66O7/c1-9-26(24(4)5)11-10-25(6)30-14-15-31-29-13-12-27-21-28(16-18-39(27,7)32(29)17-19-40(30,31)8)46-38-37(44)36(43)35(42)33(47-38)22-45-34(41)20-23(2)3/h12,23,25-26,28-33,35-38,42-44H,4,9-11,13-22H2,1-3,5-8H3. The van der Waals surface area contributed by atoms with E-state index in [4.69, 9.17) is 14.2 Å². The molecule has 14 unspecified atom stereocenters. The quantitative estimate of drug-likeness (QED) is 0.149. The molecule has 0 radical (unpaired) electrons. The topological polar surface area (TPSA) is 105 Å². The van der Waals surface area contributed by atoms with Gasteiger partial charge in [-0.1, -0.05) is 65.3 Å². The molecule has 0 spiro atoms. The third kappa shape index (κ3) is 7.45. The molecule has 47 heavy (non-hydrogen) atoms. The Hall–Kier alpha value is -1.25. The van der Waals surface area contributed by atoms with Crippen LogP contribution in [0.4, 0.5) is 0 Å². The van der Waals surface area contributed by atoms with Gasteiger partial charge in [0.25, 0.3) is 0 Å². The van der Waals surface area contributed by atoms with Gasteiger partial charge in [-0.2, -0.15) is 0 Å². The lowest BCUT2D eigenvalue weighted by Gasteiger charge is -2.58. The molecular weight excluding hydrogens is 592 g/mol. The predicted octanol–water partition coefficient (Wildman–Crippen LogP) is 7.37. The van der Waals surface area contributed by atoms with E-state index in [0.717, 1.165) is 49.4 Å². The highest BCUT2D eigenvalue weighted by atomic mass is 16.7. The van der Waals surface area contributed by atoms with E-state index in [0.29, 0.717) is 17.3 Å². The molecule has 268 valence electrons. The molecule has 5 aliphatic rings. The highest BCUT2D eigenvalue weighted by Crippen LogP contribution is 2.67. The molecule has 1 saturated heterocycles. The molecular formula is C40H66O7. The van der Waals surface area contributed by atoms with Gasteiger partial charge in [-0.05, 0) is 130 Å². The maximum atomic E-state index is 12.1. The number of hydrogen-bond donors (Lipinski definition) is 3. The van der Waals surface area contributed by atoms with Gasteiger partial charge in [0.05, 0.1) is 6.10 Å². The first kappa shape index (κ1) is 37.0. The van der Waals surface area contributed by atoms with Gasteiger partial charge in [-0.15, -0.1) is 0 Å². The fourth-order valence-corrected chi connectivity index (χ4v) is 11.1. The highest BCUT2D eigenvalue weighted by Gasteiger charge is 2.59. The average molecular weight is 659 g/mol. The molecule has 3 saturated carbocycles. The summed E-state index contributed by atoms with van der Waals surface area (Å²) in [6.07, 6.45) is 9.41. The zero-order valence-electron chi connectivity index (χ0n) is 30.5. The summed E-state index contributed by atoms with van der Waals surface area (Å²) in [6.45, 7) is 20.1. The van der Waals surface area contributed by atoms with E-state index < -0.39 is 30.7 Å². The van der Waals surface area contributed by atoms with Gasteiger partial charge >= 0.3 is 5.97 Å². The third-order valence-electron chi connectivity index (χ3n) is 14.0. The number of rotatable bonds is 12. The van der Waals surface area contributed by atoms with Crippen LogP contribution < -0.4 is 0 Å². The number of aliphatic hydroxyl groups is 3. The van der Waals surface area contributed by atoms with Crippen molar-refractivity contribution in [2.24, 2.45) is 52.3 Å². The molecule has 14 atom stereocenters. The van der Waals surface area contributed by atoms with Crippen LogP contribution in [0, 0.1) is 52.3 Å². The summed E-state index contributed by atoms with van der Waals surface area (Å²) >= 11 is 0. The van der Waals surface area contributed by atoms with Crippen molar-refractivity contribution in [3.63, 3.8) is 0 Å². The number of ether oxygens (including phenoxy) is 3. The Kier molecular flexibility index (Phi) is 11.8. The number of carbonyl (C=O) groups excluding carboxylic acids is 1. The van der Waals surface area contributed by atoms with Gasteiger partial charge in [0.15, 0.2) is 6.29 Å². The number of carbonyl (C=O) groups is 1. The Morgan fingerprint density at radius 2 is 1.77 bits per heavy atom. The molecule has 1 aliphatic heterocycles. The van der Waals surface area contributed by atoms with Crippen molar-refractivity contribution in [3.05, 3.63) is 23.8 Å². The van der Waals surface area contributed by atoms with Crippen LogP contribution in [0.3, 0.4) is 0 Å². The van der Waals surface area contributed by atoms with Gasteiger partial charge in [0.1, 0.15) is 31.0 Å². The molecule has 0 amide bonds. The second-order valence-corrected chi connectivity index (χ2v) is 17.3. The van der Waals surface area contributed by atoms with Crippen molar-refractivity contribution in [2.45, 2.75) is 162 Å². The Morgan fingerprint density at radius 3 is 2.45 bits per heavy atom. The van der Waals surface area contributed by atoms with Crippen LogP contribution in [-0.2, 0) is 19.0 Å². The first-order valence-electron chi connectivity index (χ1n) is 19.0. The Balaban J connectivity index is 1.20. The average Bonchev–Trinajstić information content (AvgIpc) is 3.38. The van der Waals surface area contributed by atoms with Crippen molar-refractivity contribution < 1.29 is 34.3 Å². The Labute approximate surface area is 284 Å². The maximum Gasteiger partial charge on any atom is 0.306 e. The smallest absolute Gasteiger partial charge is 0.306 e.